The number of aromatic nitrogens is 3. The molecule has 1 aromatic heterocycles. The molecule has 0 aliphatic rings. The summed E-state index contributed by atoms with van der Waals surface area (Å²) in [4.78, 5) is 0. The summed E-state index contributed by atoms with van der Waals surface area (Å²) in [6, 6.07) is 17.9. The van der Waals surface area contributed by atoms with Crippen molar-refractivity contribution in [2.45, 2.75) is 6.04 Å². The highest BCUT2D eigenvalue weighted by Crippen LogP contribution is 2.27. The van der Waals surface area contributed by atoms with E-state index in [2.05, 4.69) is 32.2 Å². The van der Waals surface area contributed by atoms with Gasteiger partial charge in [0.1, 0.15) is 0 Å². The minimum atomic E-state index is -0.0109. The lowest BCUT2D eigenvalue weighted by Gasteiger charge is -2.18. The van der Waals surface area contributed by atoms with Crippen LogP contribution in [-0.4, -0.2) is 14.8 Å². The molecule has 0 bridgehead atoms. The van der Waals surface area contributed by atoms with Crippen molar-refractivity contribution in [3.8, 4) is 0 Å². The summed E-state index contributed by atoms with van der Waals surface area (Å²) in [5.74, 6) is 0. The van der Waals surface area contributed by atoms with Crippen LogP contribution >= 0.6 is 23.1 Å². The van der Waals surface area contributed by atoms with Gasteiger partial charge in [0, 0.05) is 16.6 Å². The summed E-state index contributed by atoms with van der Waals surface area (Å²) in [6.07, 6.45) is 0. The molecule has 3 rings (SSSR count). The highest BCUT2D eigenvalue weighted by molar-refractivity contribution is 7.09. The number of nitrogens with one attached hydrogen (secondary N) is 1. The topological polar surface area (TPSA) is 50.7 Å². The molecule has 1 N–H and O–H groups in total. The van der Waals surface area contributed by atoms with Gasteiger partial charge in [-0.15, -0.1) is 0 Å². The first kappa shape index (κ1) is 13.0. The maximum atomic E-state index is 5.95. The van der Waals surface area contributed by atoms with Crippen molar-refractivity contribution in [1.29, 1.82) is 0 Å². The van der Waals surface area contributed by atoms with Crippen molar-refractivity contribution in [3.63, 3.8) is 0 Å². The number of benzene rings is 2. The van der Waals surface area contributed by atoms with Gasteiger partial charge in [-0.2, -0.15) is 0 Å². The van der Waals surface area contributed by atoms with Crippen LogP contribution in [0.5, 0.6) is 0 Å². The predicted octanol–water partition coefficient (Wildman–Crippen LogP) is 3.79. The van der Waals surface area contributed by atoms with E-state index in [0.717, 1.165) is 16.1 Å². The highest BCUT2D eigenvalue weighted by atomic mass is 35.5. The molecule has 0 fully saturated rings. The zero-order chi connectivity index (χ0) is 13.8. The Hall–Kier alpha value is -1.98. The second-order valence-electron chi connectivity index (χ2n) is 4.21. The summed E-state index contributed by atoms with van der Waals surface area (Å²) in [7, 11) is 0. The molecule has 0 aliphatic carbocycles. The third kappa shape index (κ3) is 2.95. The minimum Gasteiger partial charge on any atom is -0.348 e. The maximum Gasteiger partial charge on any atom is 0.226 e. The van der Waals surface area contributed by atoms with Gasteiger partial charge in [-0.3, -0.25) is 0 Å². The van der Waals surface area contributed by atoms with Gasteiger partial charge >= 0.3 is 0 Å². The molecule has 3 aromatic rings. The molecular weight excluding hydrogens is 292 g/mol. The molecule has 0 saturated carbocycles. The Balaban J connectivity index is 1.97. The van der Waals surface area contributed by atoms with Crippen molar-refractivity contribution in [2.24, 2.45) is 0 Å². The lowest BCUT2D eigenvalue weighted by atomic mass is 9.99. The van der Waals surface area contributed by atoms with Gasteiger partial charge in [0.2, 0.25) is 5.13 Å². The van der Waals surface area contributed by atoms with Crippen molar-refractivity contribution in [3.05, 3.63) is 70.7 Å². The van der Waals surface area contributed by atoms with Gasteiger partial charge in [-0.1, -0.05) is 63.7 Å². The van der Waals surface area contributed by atoms with Gasteiger partial charge in [0.05, 0.1) is 6.04 Å². The van der Waals surface area contributed by atoms with Gasteiger partial charge in [0.25, 0.3) is 0 Å². The zero-order valence-electron chi connectivity index (χ0n) is 10.4. The second kappa shape index (κ2) is 5.98. The van der Waals surface area contributed by atoms with E-state index in [9.17, 15) is 0 Å². The Bertz CT molecular complexity index is 655. The smallest absolute Gasteiger partial charge is 0.226 e. The normalized spacial score (nSPS) is 12.1. The Labute approximate surface area is 125 Å². The quantitative estimate of drug-likeness (QED) is 0.796. The first-order chi connectivity index (χ1) is 9.83. The molecule has 0 radical (unpaired) electrons. The summed E-state index contributed by atoms with van der Waals surface area (Å²) < 4.78 is 3.77. The SMILES string of the molecule is Clc1ccc([C@@H](Nc2nnns2)c2ccccc2)cc1. The van der Waals surface area contributed by atoms with Crippen LogP contribution in [0.4, 0.5) is 5.13 Å². The molecule has 6 heteroatoms. The predicted molar refractivity (Wildman–Crippen MR) is 81.1 cm³/mol. The van der Waals surface area contributed by atoms with Gasteiger partial charge in [-0.05, 0) is 28.5 Å². The number of hydrogen-bond donors (Lipinski definition) is 1. The lowest BCUT2D eigenvalue weighted by molar-refractivity contribution is 0.903. The van der Waals surface area contributed by atoms with Crippen molar-refractivity contribution in [2.75, 3.05) is 5.32 Å². The van der Waals surface area contributed by atoms with E-state index in [0.29, 0.717) is 5.13 Å². The number of halogens is 1. The molecule has 20 heavy (non-hydrogen) atoms. The number of nitrogens with zero attached hydrogens (tertiary/aromatic N) is 3. The minimum absolute atomic E-state index is 0.0109. The molecule has 0 aliphatic heterocycles. The van der Waals surface area contributed by atoms with Crippen LogP contribution in [-0.2, 0) is 0 Å². The Kier molecular flexibility index (Phi) is 3.90. The van der Waals surface area contributed by atoms with Crippen LogP contribution in [0.3, 0.4) is 0 Å². The van der Waals surface area contributed by atoms with Gasteiger partial charge in [0.15, 0.2) is 0 Å². The van der Waals surface area contributed by atoms with Crippen LogP contribution in [0.15, 0.2) is 54.6 Å². The number of rotatable bonds is 4. The number of hydrogen-bond acceptors (Lipinski definition) is 5. The third-order valence-electron chi connectivity index (χ3n) is 2.90. The molecule has 2 aromatic carbocycles. The second-order valence-corrected chi connectivity index (χ2v) is 5.38. The van der Waals surface area contributed by atoms with Crippen LogP contribution in [0, 0.1) is 0 Å². The van der Waals surface area contributed by atoms with Crippen molar-refractivity contribution < 1.29 is 0 Å². The fourth-order valence-corrected chi connectivity index (χ4v) is 2.49. The Morgan fingerprint density at radius 2 is 1.65 bits per heavy atom. The zero-order valence-corrected chi connectivity index (χ0v) is 12.0. The largest absolute Gasteiger partial charge is 0.348 e. The molecule has 0 spiro atoms. The van der Waals surface area contributed by atoms with E-state index in [-0.39, 0.29) is 6.04 Å². The molecule has 100 valence electrons. The molecule has 1 heterocycles. The standard InChI is InChI=1S/C14H11ClN4S/c15-12-8-6-11(7-9-12)13(10-4-2-1-3-5-10)16-14-17-18-19-20-14/h1-9,13H,(H,16,17,19)/t13-/m0/s1. The molecule has 0 amide bonds. The molecular formula is C14H11ClN4S. The molecule has 1 atom stereocenters. The molecule has 0 unspecified atom stereocenters. The summed E-state index contributed by atoms with van der Waals surface area (Å²) in [5.41, 5.74) is 2.25. The first-order valence-corrected chi connectivity index (χ1v) is 7.20. The average molecular weight is 303 g/mol. The van der Waals surface area contributed by atoms with Gasteiger partial charge < -0.3 is 5.32 Å². The van der Waals surface area contributed by atoms with E-state index in [1.165, 1.54) is 11.5 Å². The highest BCUT2D eigenvalue weighted by Gasteiger charge is 2.15. The van der Waals surface area contributed by atoms with E-state index in [1.54, 1.807) is 0 Å². The van der Waals surface area contributed by atoms with E-state index in [1.807, 2.05) is 42.5 Å². The first-order valence-electron chi connectivity index (χ1n) is 6.05. The third-order valence-corrected chi connectivity index (χ3v) is 3.68. The Morgan fingerprint density at radius 3 is 2.30 bits per heavy atom. The van der Waals surface area contributed by atoms with E-state index < -0.39 is 0 Å². The van der Waals surface area contributed by atoms with Crippen LogP contribution < -0.4 is 5.32 Å². The lowest BCUT2D eigenvalue weighted by Crippen LogP contribution is -2.12. The fraction of sp³-hybridized carbons (Fsp3) is 0.0714. The average Bonchev–Trinajstić information content (AvgIpc) is 3.00. The van der Waals surface area contributed by atoms with E-state index >= 15 is 0 Å². The number of anilines is 1. The van der Waals surface area contributed by atoms with Crippen LogP contribution in [0.25, 0.3) is 0 Å². The van der Waals surface area contributed by atoms with Crippen LogP contribution in [0.2, 0.25) is 5.02 Å². The van der Waals surface area contributed by atoms with Crippen molar-refractivity contribution >= 4 is 28.3 Å². The van der Waals surface area contributed by atoms with Crippen molar-refractivity contribution in [1.82, 2.24) is 14.8 Å². The summed E-state index contributed by atoms with van der Waals surface area (Å²) in [6.45, 7) is 0. The Morgan fingerprint density at radius 1 is 0.950 bits per heavy atom. The summed E-state index contributed by atoms with van der Waals surface area (Å²) in [5, 5.41) is 12.3. The monoisotopic (exact) mass is 302 g/mol. The fourth-order valence-electron chi connectivity index (χ4n) is 1.97. The van der Waals surface area contributed by atoms with Gasteiger partial charge in [-0.25, -0.2) is 0 Å². The van der Waals surface area contributed by atoms with Crippen LogP contribution in [0.1, 0.15) is 17.2 Å². The maximum absolute atomic E-state index is 5.95. The molecule has 4 nitrogen and oxygen atoms in total. The summed E-state index contributed by atoms with van der Waals surface area (Å²) >= 11 is 7.19. The van der Waals surface area contributed by atoms with E-state index in [4.69, 9.17) is 11.6 Å². The molecule has 0 saturated heterocycles.